The zero-order valence-corrected chi connectivity index (χ0v) is 14.6. The van der Waals surface area contributed by atoms with Crippen molar-refractivity contribution >= 4 is 17.6 Å². The Morgan fingerprint density at radius 2 is 1.54 bits per heavy atom. The van der Waals surface area contributed by atoms with E-state index in [0.29, 0.717) is 5.56 Å². The topological polar surface area (TPSA) is 99.1 Å². The Kier molecular flexibility index (Phi) is 6.24. The Bertz CT molecular complexity index is 664. The lowest BCUT2D eigenvalue weighted by molar-refractivity contribution is -0.122. The molecule has 1 aromatic carbocycles. The SMILES string of the molecule is CC(C)NC(=O)C(C#N)C(=O)c1ccc(C(=O)NC(C)(C)C)cc1. The molecule has 0 saturated carbocycles. The Hall–Kier alpha value is -2.68. The molecule has 128 valence electrons. The van der Waals surface area contributed by atoms with E-state index in [0.717, 1.165) is 0 Å². The molecule has 0 fully saturated rings. The highest BCUT2D eigenvalue weighted by Gasteiger charge is 2.28. The molecule has 1 unspecified atom stereocenters. The summed E-state index contributed by atoms with van der Waals surface area (Å²) in [7, 11) is 0. The lowest BCUT2D eigenvalue weighted by Gasteiger charge is -2.20. The second-order valence-electron chi connectivity index (χ2n) is 6.87. The van der Waals surface area contributed by atoms with Gasteiger partial charge in [-0.1, -0.05) is 12.1 Å². The number of carbonyl (C=O) groups is 3. The summed E-state index contributed by atoms with van der Waals surface area (Å²) in [6.45, 7) is 9.10. The Labute approximate surface area is 142 Å². The van der Waals surface area contributed by atoms with Gasteiger partial charge in [-0.15, -0.1) is 0 Å². The van der Waals surface area contributed by atoms with Crippen LogP contribution in [-0.4, -0.2) is 29.2 Å². The largest absolute Gasteiger partial charge is 0.352 e. The highest BCUT2D eigenvalue weighted by molar-refractivity contribution is 6.12. The van der Waals surface area contributed by atoms with E-state index in [1.165, 1.54) is 24.3 Å². The number of nitrogens with one attached hydrogen (secondary N) is 2. The van der Waals surface area contributed by atoms with E-state index in [4.69, 9.17) is 5.26 Å². The van der Waals surface area contributed by atoms with Crippen molar-refractivity contribution in [3.63, 3.8) is 0 Å². The maximum Gasteiger partial charge on any atom is 0.251 e. The number of hydrogen-bond acceptors (Lipinski definition) is 4. The molecule has 0 saturated heterocycles. The van der Waals surface area contributed by atoms with Crippen LogP contribution in [0.15, 0.2) is 24.3 Å². The molecule has 0 radical (unpaired) electrons. The number of ketones is 1. The summed E-state index contributed by atoms with van der Waals surface area (Å²) in [6.07, 6.45) is 0. The highest BCUT2D eigenvalue weighted by atomic mass is 16.2. The lowest BCUT2D eigenvalue weighted by atomic mass is 9.96. The number of nitrogens with zero attached hydrogens (tertiary/aromatic N) is 1. The number of amides is 2. The molecule has 2 N–H and O–H groups in total. The van der Waals surface area contributed by atoms with E-state index < -0.39 is 17.6 Å². The molecule has 0 aromatic heterocycles. The first kappa shape index (κ1) is 19.4. The molecule has 0 aliphatic rings. The van der Waals surface area contributed by atoms with Gasteiger partial charge in [-0.3, -0.25) is 14.4 Å². The van der Waals surface area contributed by atoms with Gasteiger partial charge in [0.05, 0.1) is 6.07 Å². The summed E-state index contributed by atoms with van der Waals surface area (Å²) in [4.78, 5) is 36.3. The highest BCUT2D eigenvalue weighted by Crippen LogP contribution is 2.12. The third-order valence-corrected chi connectivity index (χ3v) is 3.00. The predicted molar refractivity (Wildman–Crippen MR) is 90.4 cm³/mol. The van der Waals surface area contributed by atoms with Crippen molar-refractivity contribution in [2.75, 3.05) is 0 Å². The van der Waals surface area contributed by atoms with Crippen LogP contribution in [0.4, 0.5) is 0 Å². The fraction of sp³-hybridized carbons (Fsp3) is 0.444. The summed E-state index contributed by atoms with van der Waals surface area (Å²) < 4.78 is 0. The van der Waals surface area contributed by atoms with E-state index >= 15 is 0 Å². The van der Waals surface area contributed by atoms with Crippen molar-refractivity contribution in [1.29, 1.82) is 5.26 Å². The number of Topliss-reactive ketones (excluding diaryl/α,β-unsaturated/α-hetero) is 1. The van der Waals surface area contributed by atoms with Gasteiger partial charge in [-0.2, -0.15) is 5.26 Å². The van der Waals surface area contributed by atoms with Crippen molar-refractivity contribution < 1.29 is 14.4 Å². The molecular weight excluding hydrogens is 306 g/mol. The quantitative estimate of drug-likeness (QED) is 0.638. The number of hydrogen-bond donors (Lipinski definition) is 2. The van der Waals surface area contributed by atoms with E-state index in [9.17, 15) is 14.4 Å². The van der Waals surface area contributed by atoms with Crippen molar-refractivity contribution in [3.05, 3.63) is 35.4 Å². The fourth-order valence-electron chi connectivity index (χ4n) is 1.97. The monoisotopic (exact) mass is 329 g/mol. The second kappa shape index (κ2) is 7.73. The predicted octanol–water partition coefficient (Wildman–Crippen LogP) is 2.06. The van der Waals surface area contributed by atoms with Gasteiger partial charge in [-0.05, 0) is 46.8 Å². The summed E-state index contributed by atoms with van der Waals surface area (Å²) in [6, 6.07) is 7.48. The number of benzene rings is 1. The maximum atomic E-state index is 12.3. The smallest absolute Gasteiger partial charge is 0.251 e. The van der Waals surface area contributed by atoms with Gasteiger partial charge in [0.15, 0.2) is 11.7 Å². The van der Waals surface area contributed by atoms with Crippen LogP contribution in [-0.2, 0) is 4.79 Å². The van der Waals surface area contributed by atoms with Gasteiger partial charge in [0.25, 0.3) is 5.91 Å². The molecule has 0 heterocycles. The van der Waals surface area contributed by atoms with Gasteiger partial charge in [0, 0.05) is 22.7 Å². The Balaban J connectivity index is 2.92. The summed E-state index contributed by atoms with van der Waals surface area (Å²) >= 11 is 0. The summed E-state index contributed by atoms with van der Waals surface area (Å²) in [5.41, 5.74) is 0.251. The Morgan fingerprint density at radius 3 is 1.96 bits per heavy atom. The molecule has 0 aliphatic heterocycles. The van der Waals surface area contributed by atoms with Crippen LogP contribution < -0.4 is 10.6 Å². The van der Waals surface area contributed by atoms with Crippen molar-refractivity contribution in [2.24, 2.45) is 5.92 Å². The standard InChI is InChI=1S/C18H23N3O3/c1-11(2)20-17(24)14(10-19)15(22)12-6-8-13(9-7-12)16(23)21-18(3,4)5/h6-9,11,14H,1-5H3,(H,20,24)(H,21,23). The zero-order valence-electron chi connectivity index (χ0n) is 14.6. The first-order valence-corrected chi connectivity index (χ1v) is 7.72. The lowest BCUT2D eigenvalue weighted by Crippen LogP contribution is -2.40. The Morgan fingerprint density at radius 1 is 1.04 bits per heavy atom. The van der Waals surface area contributed by atoms with Crippen LogP contribution in [0.25, 0.3) is 0 Å². The molecule has 2 amide bonds. The summed E-state index contributed by atoms with van der Waals surface area (Å²) in [5, 5.41) is 14.5. The van der Waals surface area contributed by atoms with Crippen LogP contribution in [0.1, 0.15) is 55.3 Å². The molecule has 1 rings (SSSR count). The normalized spacial score (nSPS) is 12.2. The van der Waals surface area contributed by atoms with E-state index in [2.05, 4.69) is 10.6 Å². The first-order valence-electron chi connectivity index (χ1n) is 7.72. The molecule has 6 nitrogen and oxygen atoms in total. The average Bonchev–Trinajstić information content (AvgIpc) is 2.45. The minimum absolute atomic E-state index is 0.162. The molecule has 1 aromatic rings. The van der Waals surface area contributed by atoms with E-state index in [-0.39, 0.29) is 23.1 Å². The van der Waals surface area contributed by atoms with Crippen molar-refractivity contribution in [3.8, 4) is 6.07 Å². The van der Waals surface area contributed by atoms with Gasteiger partial charge < -0.3 is 10.6 Å². The maximum absolute atomic E-state index is 12.3. The second-order valence-corrected chi connectivity index (χ2v) is 6.87. The molecule has 0 spiro atoms. The zero-order chi connectivity index (χ0) is 18.5. The van der Waals surface area contributed by atoms with Crippen LogP contribution >= 0.6 is 0 Å². The molecule has 6 heteroatoms. The van der Waals surface area contributed by atoms with Crippen LogP contribution in [0, 0.1) is 17.2 Å². The average molecular weight is 329 g/mol. The van der Waals surface area contributed by atoms with Crippen LogP contribution in [0.2, 0.25) is 0 Å². The summed E-state index contributed by atoms with van der Waals surface area (Å²) in [5.74, 6) is -2.86. The molecule has 24 heavy (non-hydrogen) atoms. The van der Waals surface area contributed by atoms with Gasteiger partial charge in [0.2, 0.25) is 5.91 Å². The minimum Gasteiger partial charge on any atom is -0.352 e. The molecule has 1 atom stereocenters. The third-order valence-electron chi connectivity index (χ3n) is 3.00. The fourth-order valence-corrected chi connectivity index (χ4v) is 1.97. The van der Waals surface area contributed by atoms with E-state index in [1.807, 2.05) is 20.8 Å². The number of rotatable bonds is 5. The van der Waals surface area contributed by atoms with Gasteiger partial charge in [0.1, 0.15) is 0 Å². The van der Waals surface area contributed by atoms with Crippen LogP contribution in [0.3, 0.4) is 0 Å². The third kappa shape index (κ3) is 5.51. The van der Waals surface area contributed by atoms with Crippen molar-refractivity contribution in [2.45, 2.75) is 46.2 Å². The molecule has 0 aliphatic carbocycles. The molecule has 0 bridgehead atoms. The van der Waals surface area contributed by atoms with Gasteiger partial charge >= 0.3 is 0 Å². The van der Waals surface area contributed by atoms with Crippen molar-refractivity contribution in [1.82, 2.24) is 10.6 Å². The van der Waals surface area contributed by atoms with Crippen LogP contribution in [0.5, 0.6) is 0 Å². The van der Waals surface area contributed by atoms with Gasteiger partial charge in [-0.25, -0.2) is 0 Å². The molecular formula is C18H23N3O3. The number of nitriles is 1. The minimum atomic E-state index is -1.40. The van der Waals surface area contributed by atoms with E-state index in [1.54, 1.807) is 19.9 Å². The first-order chi connectivity index (χ1) is 11.0. The number of carbonyl (C=O) groups excluding carboxylic acids is 3.